The van der Waals surface area contributed by atoms with Crippen molar-refractivity contribution in [3.05, 3.63) is 65.2 Å². The number of rotatable bonds is 11. The molecule has 2 fully saturated rings. The quantitative estimate of drug-likeness (QED) is 0.200. The molecule has 3 atom stereocenters. The fourth-order valence-corrected chi connectivity index (χ4v) is 7.07. The lowest BCUT2D eigenvalue weighted by Crippen LogP contribution is -2.56. The summed E-state index contributed by atoms with van der Waals surface area (Å²) in [7, 11) is -1.32. The van der Waals surface area contributed by atoms with Gasteiger partial charge in [-0.15, -0.1) is 0 Å². The van der Waals surface area contributed by atoms with Crippen LogP contribution in [0.25, 0.3) is 0 Å². The molecule has 2 aromatic carbocycles. The maximum absolute atomic E-state index is 13.5. The Labute approximate surface area is 284 Å². The third kappa shape index (κ3) is 9.23. The Morgan fingerprint density at radius 1 is 1.02 bits per heavy atom. The van der Waals surface area contributed by atoms with E-state index in [1.165, 1.54) is 5.56 Å². The Kier molecular flexibility index (Phi) is 11.0. The van der Waals surface area contributed by atoms with E-state index < -0.39 is 31.7 Å². The molecule has 2 aromatic rings. The van der Waals surface area contributed by atoms with Crippen LogP contribution >= 0.6 is 0 Å². The number of benzene rings is 2. The molecule has 5 rings (SSSR count). The lowest BCUT2D eigenvalue weighted by Gasteiger charge is -2.39. The normalized spacial score (nSPS) is 22.1. The van der Waals surface area contributed by atoms with Crippen LogP contribution in [0.1, 0.15) is 61.5 Å². The summed E-state index contributed by atoms with van der Waals surface area (Å²) in [6.45, 7) is 15.0. The maximum atomic E-state index is 13.5. The zero-order valence-corrected chi connectivity index (χ0v) is 30.1. The molecule has 3 aliphatic heterocycles. The van der Waals surface area contributed by atoms with E-state index in [-0.39, 0.29) is 50.1 Å². The molecule has 12 heteroatoms. The Balaban J connectivity index is 1.26. The van der Waals surface area contributed by atoms with Gasteiger partial charge in [0.15, 0.2) is 0 Å². The number of hydrogen-bond donors (Lipinski definition) is 1. The first kappa shape index (κ1) is 35.6. The van der Waals surface area contributed by atoms with Gasteiger partial charge in [0.1, 0.15) is 30.2 Å². The minimum absolute atomic E-state index is 0.0905. The Morgan fingerprint density at radius 2 is 1.77 bits per heavy atom. The van der Waals surface area contributed by atoms with E-state index in [9.17, 15) is 19.2 Å². The molecule has 0 radical (unpaired) electrons. The van der Waals surface area contributed by atoms with Crippen molar-refractivity contribution in [3.8, 4) is 5.75 Å². The van der Waals surface area contributed by atoms with Crippen LogP contribution in [0.2, 0.25) is 25.7 Å². The van der Waals surface area contributed by atoms with Crippen LogP contribution in [0.4, 0.5) is 4.79 Å². The number of nitrogens with zero attached hydrogens (tertiary/aromatic N) is 3. The van der Waals surface area contributed by atoms with Crippen LogP contribution < -0.4 is 10.1 Å². The molecule has 11 nitrogen and oxygen atoms in total. The standard InChI is InChI=1S/C36H50N4O7Si/c1-36(2,3)47-35(44)37-29-16-17-38(21-25-10-8-7-9-11-25)23-31(29)46-27-12-13-28-26(20-27)22-39(33(28)42)30-14-15-32(41)40(34(30)43)24-45-18-19-48(4,5)6/h7-13,20,29-31H,14-19,21-24H2,1-6H3,(H,37,44)/t29-,30?,31-/m1/s1. The molecular formula is C36H50N4O7Si. The number of nitrogens with one attached hydrogen (secondary N) is 1. The predicted octanol–water partition coefficient (Wildman–Crippen LogP) is 5.02. The van der Waals surface area contributed by atoms with Crippen molar-refractivity contribution in [2.75, 3.05) is 26.4 Å². The van der Waals surface area contributed by atoms with Gasteiger partial charge in [-0.05, 0) is 69.0 Å². The molecule has 0 aromatic heterocycles. The lowest BCUT2D eigenvalue weighted by atomic mass is 10.0. The second kappa shape index (κ2) is 14.8. The van der Waals surface area contributed by atoms with Crippen molar-refractivity contribution in [1.29, 1.82) is 0 Å². The van der Waals surface area contributed by atoms with Crippen molar-refractivity contribution >= 4 is 31.9 Å². The van der Waals surface area contributed by atoms with Crippen molar-refractivity contribution in [1.82, 2.24) is 20.0 Å². The van der Waals surface area contributed by atoms with Crippen molar-refractivity contribution < 1.29 is 33.4 Å². The average Bonchev–Trinajstić information content (AvgIpc) is 3.32. The SMILES string of the molecule is CC(C)(C)OC(=O)N[C@@H]1CCN(Cc2ccccc2)C[C@H]1Oc1ccc2c(c1)CN(C1CCC(=O)N(COCC[Si](C)(C)C)C1=O)C2=O. The van der Waals surface area contributed by atoms with Crippen LogP contribution in [0.3, 0.4) is 0 Å². The smallest absolute Gasteiger partial charge is 0.408 e. The van der Waals surface area contributed by atoms with E-state index in [1.807, 2.05) is 45.0 Å². The van der Waals surface area contributed by atoms with Crippen LogP contribution in [0.5, 0.6) is 5.75 Å². The molecule has 48 heavy (non-hydrogen) atoms. The number of carbonyl (C=O) groups excluding carboxylic acids is 4. The van der Waals surface area contributed by atoms with Gasteiger partial charge in [-0.2, -0.15) is 0 Å². The monoisotopic (exact) mass is 678 g/mol. The second-order valence-corrected chi connectivity index (χ2v) is 20.9. The fraction of sp³-hybridized carbons (Fsp3) is 0.556. The molecule has 0 spiro atoms. The minimum Gasteiger partial charge on any atom is -0.487 e. The van der Waals surface area contributed by atoms with Gasteiger partial charge in [0, 0.05) is 52.8 Å². The highest BCUT2D eigenvalue weighted by atomic mass is 28.3. The third-order valence-corrected chi connectivity index (χ3v) is 10.6. The van der Waals surface area contributed by atoms with E-state index in [1.54, 1.807) is 17.0 Å². The Bertz CT molecular complexity index is 1490. The largest absolute Gasteiger partial charge is 0.487 e. The summed E-state index contributed by atoms with van der Waals surface area (Å²) >= 11 is 0. The fourth-order valence-electron chi connectivity index (χ4n) is 6.31. The topological polar surface area (TPSA) is 118 Å². The summed E-state index contributed by atoms with van der Waals surface area (Å²) in [5.41, 5.74) is 1.84. The average molecular weight is 679 g/mol. The highest BCUT2D eigenvalue weighted by Crippen LogP contribution is 2.32. The first-order chi connectivity index (χ1) is 22.7. The molecule has 2 saturated heterocycles. The summed E-state index contributed by atoms with van der Waals surface area (Å²) in [5.74, 6) is -0.324. The Hall–Kier alpha value is -3.74. The number of amides is 4. The van der Waals surface area contributed by atoms with Crippen molar-refractivity contribution in [3.63, 3.8) is 0 Å². The molecule has 260 valence electrons. The van der Waals surface area contributed by atoms with Gasteiger partial charge >= 0.3 is 6.09 Å². The van der Waals surface area contributed by atoms with Crippen LogP contribution in [0.15, 0.2) is 48.5 Å². The lowest BCUT2D eigenvalue weighted by molar-refractivity contribution is -0.158. The first-order valence-electron chi connectivity index (χ1n) is 17.0. The zero-order valence-electron chi connectivity index (χ0n) is 29.1. The predicted molar refractivity (Wildman–Crippen MR) is 184 cm³/mol. The number of hydrogen-bond acceptors (Lipinski definition) is 8. The van der Waals surface area contributed by atoms with E-state index >= 15 is 0 Å². The molecule has 1 N–H and O–H groups in total. The van der Waals surface area contributed by atoms with Gasteiger partial charge in [0.2, 0.25) is 5.91 Å². The summed E-state index contributed by atoms with van der Waals surface area (Å²) in [6, 6.07) is 15.5. The van der Waals surface area contributed by atoms with E-state index in [4.69, 9.17) is 14.2 Å². The number of ether oxygens (including phenoxy) is 3. The molecule has 1 unspecified atom stereocenters. The highest BCUT2D eigenvalue weighted by Gasteiger charge is 2.43. The van der Waals surface area contributed by atoms with Gasteiger partial charge in [0.05, 0.1) is 6.04 Å². The number of alkyl carbamates (subject to hydrolysis) is 1. The molecular weight excluding hydrogens is 629 g/mol. The van der Waals surface area contributed by atoms with E-state index in [0.717, 1.165) is 29.6 Å². The van der Waals surface area contributed by atoms with Crippen LogP contribution in [-0.2, 0) is 32.2 Å². The van der Waals surface area contributed by atoms with Crippen molar-refractivity contribution in [2.24, 2.45) is 0 Å². The Morgan fingerprint density at radius 3 is 2.48 bits per heavy atom. The summed E-state index contributed by atoms with van der Waals surface area (Å²) in [6.07, 6.45) is 0.272. The van der Waals surface area contributed by atoms with Crippen LogP contribution in [-0.4, -0.2) is 96.8 Å². The first-order valence-corrected chi connectivity index (χ1v) is 20.7. The zero-order chi connectivity index (χ0) is 34.6. The molecule has 4 amide bonds. The molecule has 0 aliphatic carbocycles. The summed E-state index contributed by atoms with van der Waals surface area (Å²) < 4.78 is 17.8. The number of piperidine rings is 2. The number of carbonyl (C=O) groups is 4. The summed E-state index contributed by atoms with van der Waals surface area (Å²) in [5, 5.41) is 3.02. The number of fused-ring (bicyclic) bond motifs is 1. The van der Waals surface area contributed by atoms with Crippen molar-refractivity contribution in [2.45, 2.75) is 103 Å². The summed E-state index contributed by atoms with van der Waals surface area (Å²) in [4.78, 5) is 57.5. The van der Waals surface area contributed by atoms with E-state index in [2.05, 4.69) is 42.0 Å². The van der Waals surface area contributed by atoms with Gasteiger partial charge in [-0.1, -0.05) is 50.0 Å². The minimum atomic E-state index is -1.32. The molecule has 3 aliphatic rings. The van der Waals surface area contributed by atoms with Gasteiger partial charge in [-0.25, -0.2) is 4.79 Å². The maximum Gasteiger partial charge on any atom is 0.408 e. The molecule has 0 saturated carbocycles. The third-order valence-electron chi connectivity index (χ3n) is 8.87. The van der Waals surface area contributed by atoms with E-state index in [0.29, 0.717) is 30.9 Å². The van der Waals surface area contributed by atoms with Gasteiger partial charge < -0.3 is 24.4 Å². The molecule has 3 heterocycles. The highest BCUT2D eigenvalue weighted by molar-refractivity contribution is 6.76. The number of likely N-dealkylation sites (tertiary alicyclic amines) is 2. The van der Waals surface area contributed by atoms with Gasteiger partial charge in [0.25, 0.3) is 11.8 Å². The van der Waals surface area contributed by atoms with Gasteiger partial charge in [-0.3, -0.25) is 24.2 Å². The number of imide groups is 1. The molecule has 0 bridgehead atoms. The second-order valence-electron chi connectivity index (χ2n) is 15.2. The van der Waals surface area contributed by atoms with Crippen LogP contribution in [0, 0.1) is 0 Å².